The number of benzene rings is 2. The van der Waals surface area contributed by atoms with Gasteiger partial charge in [-0.05, 0) is 37.1 Å². The first-order valence-electron chi connectivity index (χ1n) is 8.95. The molecule has 0 atom stereocenters. The lowest BCUT2D eigenvalue weighted by Gasteiger charge is -2.14. The van der Waals surface area contributed by atoms with Crippen molar-refractivity contribution in [3.05, 3.63) is 69.0 Å². The largest absolute Gasteiger partial charge is 0.308 e. The lowest BCUT2D eigenvalue weighted by Crippen LogP contribution is -2.31. The Balaban J connectivity index is 1.68. The van der Waals surface area contributed by atoms with Crippen molar-refractivity contribution in [3.63, 3.8) is 0 Å². The molecule has 7 heteroatoms. The van der Waals surface area contributed by atoms with Crippen LogP contribution in [0, 0.1) is 0 Å². The maximum atomic E-state index is 13.1. The number of amides is 2. The van der Waals surface area contributed by atoms with Crippen molar-refractivity contribution >= 4 is 67.3 Å². The van der Waals surface area contributed by atoms with E-state index in [4.69, 9.17) is 12.2 Å². The first-order valence-corrected chi connectivity index (χ1v) is 11.0. The van der Waals surface area contributed by atoms with Crippen molar-refractivity contribution in [2.45, 2.75) is 13.3 Å². The lowest BCUT2D eigenvalue weighted by molar-refractivity contribution is -0.122. The van der Waals surface area contributed by atoms with E-state index < -0.39 is 0 Å². The van der Waals surface area contributed by atoms with E-state index >= 15 is 0 Å². The Bertz CT molecular complexity index is 1020. The number of carbonyl (C=O) groups is 2. The van der Waals surface area contributed by atoms with Crippen molar-refractivity contribution < 1.29 is 9.59 Å². The Morgan fingerprint density at radius 3 is 2.50 bits per heavy atom. The molecule has 0 bridgehead atoms. The van der Waals surface area contributed by atoms with Crippen molar-refractivity contribution in [1.29, 1.82) is 0 Å². The summed E-state index contributed by atoms with van der Waals surface area (Å²) in [5, 5.41) is 0. The van der Waals surface area contributed by atoms with E-state index in [9.17, 15) is 9.59 Å². The van der Waals surface area contributed by atoms with Gasteiger partial charge >= 0.3 is 0 Å². The maximum absolute atomic E-state index is 13.1. The maximum Gasteiger partial charge on any atom is 0.267 e. The van der Waals surface area contributed by atoms with Crippen LogP contribution in [-0.2, 0) is 16.0 Å². The summed E-state index contributed by atoms with van der Waals surface area (Å²) in [5.41, 5.74) is 3.22. The fourth-order valence-electron chi connectivity index (χ4n) is 3.46. The van der Waals surface area contributed by atoms with Gasteiger partial charge in [-0.3, -0.25) is 14.5 Å². The van der Waals surface area contributed by atoms with Crippen molar-refractivity contribution in [3.8, 4) is 0 Å². The van der Waals surface area contributed by atoms with E-state index in [2.05, 4.69) is 15.9 Å². The van der Waals surface area contributed by atoms with E-state index in [0.29, 0.717) is 34.3 Å². The van der Waals surface area contributed by atoms with Gasteiger partial charge in [0.25, 0.3) is 11.8 Å². The summed E-state index contributed by atoms with van der Waals surface area (Å²) in [6, 6.07) is 15.7. The van der Waals surface area contributed by atoms with Gasteiger partial charge in [0.1, 0.15) is 4.32 Å². The quantitative estimate of drug-likeness (QED) is 0.480. The smallest absolute Gasteiger partial charge is 0.267 e. The topological polar surface area (TPSA) is 40.6 Å². The van der Waals surface area contributed by atoms with Gasteiger partial charge in [-0.1, -0.05) is 70.2 Å². The number of rotatable bonds is 4. The van der Waals surface area contributed by atoms with Gasteiger partial charge in [0, 0.05) is 23.1 Å². The number of hydrogen-bond acceptors (Lipinski definition) is 4. The van der Waals surface area contributed by atoms with E-state index in [1.807, 2.05) is 55.5 Å². The summed E-state index contributed by atoms with van der Waals surface area (Å²) in [4.78, 5) is 29.9. The van der Waals surface area contributed by atoms with Gasteiger partial charge in [-0.15, -0.1) is 0 Å². The molecule has 4 nitrogen and oxygen atoms in total. The fourth-order valence-corrected chi connectivity index (χ4v) is 5.21. The minimum Gasteiger partial charge on any atom is -0.308 e. The van der Waals surface area contributed by atoms with E-state index in [0.717, 1.165) is 21.3 Å². The van der Waals surface area contributed by atoms with Crippen LogP contribution in [0.3, 0.4) is 0 Å². The highest BCUT2D eigenvalue weighted by Crippen LogP contribution is 2.45. The van der Waals surface area contributed by atoms with Crippen LogP contribution < -0.4 is 4.90 Å². The van der Waals surface area contributed by atoms with Crippen LogP contribution in [0.1, 0.15) is 18.1 Å². The molecule has 0 radical (unpaired) electrons. The standard InChI is InChI=1S/C21H17BrN2O2S2/c1-2-23-16-9-8-14(22)12-15(16)17(19(23)25)18-20(26)24(21(27)28-18)11-10-13-6-4-3-5-7-13/h3-9,12H,2,10-11H2,1H3. The zero-order valence-electron chi connectivity index (χ0n) is 15.1. The summed E-state index contributed by atoms with van der Waals surface area (Å²) >= 11 is 10.2. The molecular weight excluding hydrogens is 456 g/mol. The number of fused-ring (bicyclic) bond motifs is 1. The zero-order valence-corrected chi connectivity index (χ0v) is 18.4. The van der Waals surface area contributed by atoms with Crippen molar-refractivity contribution in [1.82, 2.24) is 4.90 Å². The van der Waals surface area contributed by atoms with Gasteiger partial charge in [-0.2, -0.15) is 0 Å². The molecule has 142 valence electrons. The molecule has 0 spiro atoms. The van der Waals surface area contributed by atoms with E-state index in [1.54, 1.807) is 9.80 Å². The average Bonchev–Trinajstić information content (AvgIpc) is 3.12. The summed E-state index contributed by atoms with van der Waals surface area (Å²) in [5.74, 6) is -0.322. The van der Waals surface area contributed by atoms with Crippen LogP contribution in [-0.4, -0.2) is 34.1 Å². The lowest BCUT2D eigenvalue weighted by atomic mass is 10.1. The minimum absolute atomic E-state index is 0.140. The van der Waals surface area contributed by atoms with Crippen LogP contribution in [0.4, 0.5) is 5.69 Å². The van der Waals surface area contributed by atoms with E-state index in [1.165, 1.54) is 11.8 Å². The number of thioether (sulfide) groups is 1. The van der Waals surface area contributed by atoms with Crippen LogP contribution >= 0.6 is 39.9 Å². The molecule has 0 aromatic heterocycles. The number of nitrogens with zero attached hydrogens (tertiary/aromatic N) is 2. The predicted molar refractivity (Wildman–Crippen MR) is 121 cm³/mol. The molecule has 1 saturated heterocycles. The second-order valence-corrected chi connectivity index (χ2v) is 9.04. The minimum atomic E-state index is -0.182. The molecule has 28 heavy (non-hydrogen) atoms. The second-order valence-electron chi connectivity index (χ2n) is 6.48. The molecule has 2 aliphatic rings. The normalized spacial score (nSPS) is 19.0. The Hall–Kier alpha value is -1.96. The predicted octanol–water partition coefficient (Wildman–Crippen LogP) is 4.63. The molecule has 0 aliphatic carbocycles. The molecule has 0 N–H and O–H groups in total. The zero-order chi connectivity index (χ0) is 19.8. The van der Waals surface area contributed by atoms with Gasteiger partial charge in [0.05, 0.1) is 16.2 Å². The number of halogens is 1. The van der Waals surface area contributed by atoms with Crippen LogP contribution in [0.5, 0.6) is 0 Å². The van der Waals surface area contributed by atoms with Crippen LogP contribution in [0.2, 0.25) is 0 Å². The third-order valence-corrected chi connectivity index (χ3v) is 6.78. The number of anilines is 1. The van der Waals surface area contributed by atoms with Crippen molar-refractivity contribution in [2.75, 3.05) is 18.0 Å². The molecule has 0 saturated carbocycles. The molecule has 2 heterocycles. The summed E-state index contributed by atoms with van der Waals surface area (Å²) < 4.78 is 1.37. The Morgan fingerprint density at radius 1 is 1.04 bits per heavy atom. The summed E-state index contributed by atoms with van der Waals surface area (Å²) in [7, 11) is 0. The Morgan fingerprint density at radius 2 is 1.79 bits per heavy atom. The number of carbonyl (C=O) groups excluding carboxylic acids is 2. The number of likely N-dealkylation sites (N-methyl/N-ethyl adjacent to an activating group) is 1. The summed E-state index contributed by atoms with van der Waals surface area (Å²) in [6.07, 6.45) is 0.715. The average molecular weight is 473 g/mol. The highest BCUT2D eigenvalue weighted by molar-refractivity contribution is 9.10. The van der Waals surface area contributed by atoms with Gasteiger partial charge in [-0.25, -0.2) is 0 Å². The third kappa shape index (κ3) is 3.32. The monoisotopic (exact) mass is 472 g/mol. The molecule has 2 aliphatic heterocycles. The van der Waals surface area contributed by atoms with Crippen LogP contribution in [0.25, 0.3) is 5.57 Å². The van der Waals surface area contributed by atoms with Gasteiger partial charge < -0.3 is 4.90 Å². The highest BCUT2D eigenvalue weighted by atomic mass is 79.9. The third-order valence-electron chi connectivity index (χ3n) is 4.84. The molecule has 2 amide bonds. The molecule has 1 fully saturated rings. The van der Waals surface area contributed by atoms with Crippen LogP contribution in [0.15, 0.2) is 57.9 Å². The van der Waals surface area contributed by atoms with Crippen molar-refractivity contribution in [2.24, 2.45) is 0 Å². The SMILES string of the molecule is CCN1C(=O)C(=C2SC(=S)N(CCc3ccccc3)C2=O)c2cc(Br)ccc21. The van der Waals surface area contributed by atoms with Gasteiger partial charge in [0.2, 0.25) is 0 Å². The molecule has 2 aromatic rings. The van der Waals surface area contributed by atoms with E-state index in [-0.39, 0.29) is 11.8 Å². The fraction of sp³-hybridized carbons (Fsp3) is 0.190. The Kier molecular flexibility index (Phi) is 5.40. The molecule has 0 unspecified atom stereocenters. The Labute approximate surface area is 181 Å². The van der Waals surface area contributed by atoms with Gasteiger partial charge in [0.15, 0.2) is 0 Å². The molecular formula is C21H17BrN2O2S2. The first-order chi connectivity index (χ1) is 13.5. The summed E-state index contributed by atoms with van der Waals surface area (Å²) in [6.45, 7) is 2.98. The number of thiocarbonyl (C=S) groups is 1. The second kappa shape index (κ2) is 7.81. The first kappa shape index (κ1) is 19.4. The highest BCUT2D eigenvalue weighted by Gasteiger charge is 2.41. The molecule has 2 aromatic carbocycles. The molecule has 4 rings (SSSR count). The number of hydrogen-bond donors (Lipinski definition) is 0.